The molecule has 23 heavy (non-hydrogen) atoms. The van der Waals surface area contributed by atoms with E-state index >= 15 is 0 Å². The summed E-state index contributed by atoms with van der Waals surface area (Å²) in [5, 5.41) is 0.547. The van der Waals surface area contributed by atoms with E-state index in [4.69, 9.17) is 22.1 Å². The third kappa shape index (κ3) is 4.47. The van der Waals surface area contributed by atoms with E-state index in [0.29, 0.717) is 17.4 Å². The molecule has 4 nitrogen and oxygen atoms in total. The quantitative estimate of drug-likeness (QED) is 0.910. The number of pyridine rings is 1. The molecule has 1 aliphatic heterocycles. The standard InChI is InChI=1S/C16H17ClFN3O.ClH/c17-15-7-14(22-10-11-1-3-12(18)4-2-11)8-20-16(15)21-6-5-13(19)9-21;/h1-4,7-8,13H,5-6,9-10,19H2;1H. The lowest BCUT2D eigenvalue weighted by Gasteiger charge is -2.18. The summed E-state index contributed by atoms with van der Waals surface area (Å²) >= 11 is 6.29. The van der Waals surface area contributed by atoms with Crippen LogP contribution in [0.15, 0.2) is 36.5 Å². The minimum Gasteiger partial charge on any atom is -0.487 e. The molecule has 1 aromatic heterocycles. The molecule has 0 aliphatic carbocycles. The van der Waals surface area contributed by atoms with Crippen LogP contribution in [0.25, 0.3) is 0 Å². The molecule has 1 aliphatic rings. The zero-order valence-corrected chi connectivity index (χ0v) is 14.0. The number of aromatic nitrogens is 1. The van der Waals surface area contributed by atoms with Gasteiger partial charge in [0.1, 0.15) is 24.0 Å². The van der Waals surface area contributed by atoms with E-state index in [1.165, 1.54) is 12.1 Å². The number of ether oxygens (including phenoxy) is 1. The topological polar surface area (TPSA) is 51.4 Å². The van der Waals surface area contributed by atoms with Gasteiger partial charge in [0.05, 0.1) is 11.2 Å². The zero-order valence-electron chi connectivity index (χ0n) is 12.4. The number of halogens is 3. The molecule has 124 valence electrons. The lowest BCUT2D eigenvalue weighted by molar-refractivity contribution is 0.305. The van der Waals surface area contributed by atoms with Crippen molar-refractivity contribution in [1.82, 2.24) is 4.98 Å². The van der Waals surface area contributed by atoms with Crippen LogP contribution in [0, 0.1) is 5.82 Å². The molecule has 0 bridgehead atoms. The van der Waals surface area contributed by atoms with Crippen molar-refractivity contribution in [2.24, 2.45) is 5.73 Å². The summed E-state index contributed by atoms with van der Waals surface area (Å²) in [5.74, 6) is 1.06. The maximum Gasteiger partial charge on any atom is 0.147 e. The molecule has 1 fully saturated rings. The van der Waals surface area contributed by atoms with E-state index in [1.807, 2.05) is 0 Å². The molecule has 0 spiro atoms. The first-order chi connectivity index (χ1) is 10.6. The van der Waals surface area contributed by atoms with Crippen molar-refractivity contribution in [2.45, 2.75) is 19.1 Å². The highest BCUT2D eigenvalue weighted by atomic mass is 35.5. The van der Waals surface area contributed by atoms with Crippen molar-refractivity contribution in [3.63, 3.8) is 0 Å². The van der Waals surface area contributed by atoms with Gasteiger partial charge in [0.2, 0.25) is 0 Å². The normalized spacial score (nSPS) is 17.0. The summed E-state index contributed by atoms with van der Waals surface area (Å²) in [7, 11) is 0. The second-order valence-electron chi connectivity index (χ2n) is 5.39. The number of hydrogen-bond acceptors (Lipinski definition) is 4. The van der Waals surface area contributed by atoms with E-state index in [9.17, 15) is 4.39 Å². The van der Waals surface area contributed by atoms with Crippen LogP contribution in [0.3, 0.4) is 0 Å². The first kappa shape index (κ1) is 17.8. The molecule has 1 atom stereocenters. The Morgan fingerprint density at radius 1 is 1.35 bits per heavy atom. The molecular formula is C16H18Cl2FN3O. The molecule has 0 amide bonds. The van der Waals surface area contributed by atoms with E-state index in [1.54, 1.807) is 24.4 Å². The highest BCUT2D eigenvalue weighted by Crippen LogP contribution is 2.29. The summed E-state index contributed by atoms with van der Waals surface area (Å²) < 4.78 is 18.5. The molecule has 2 heterocycles. The van der Waals surface area contributed by atoms with Crippen LogP contribution in [0.5, 0.6) is 5.75 Å². The van der Waals surface area contributed by atoms with Gasteiger partial charge in [0.15, 0.2) is 0 Å². The highest BCUT2D eigenvalue weighted by Gasteiger charge is 2.22. The average molecular weight is 358 g/mol. The Morgan fingerprint density at radius 2 is 2.09 bits per heavy atom. The molecule has 1 saturated heterocycles. The van der Waals surface area contributed by atoms with Gasteiger partial charge in [-0.15, -0.1) is 12.4 Å². The third-order valence-corrected chi connectivity index (χ3v) is 3.92. The van der Waals surface area contributed by atoms with Gasteiger partial charge in [-0.1, -0.05) is 23.7 Å². The first-order valence-corrected chi connectivity index (χ1v) is 7.53. The van der Waals surface area contributed by atoms with Crippen molar-refractivity contribution in [3.05, 3.63) is 52.9 Å². The predicted octanol–water partition coefficient (Wildman–Crippen LogP) is 3.41. The van der Waals surface area contributed by atoms with Gasteiger partial charge >= 0.3 is 0 Å². The molecule has 0 saturated carbocycles. The van der Waals surface area contributed by atoms with Crippen molar-refractivity contribution in [2.75, 3.05) is 18.0 Å². The van der Waals surface area contributed by atoms with Crippen LogP contribution in [0.4, 0.5) is 10.2 Å². The summed E-state index contributed by atoms with van der Waals surface area (Å²) in [6.07, 6.45) is 2.59. The predicted molar refractivity (Wildman–Crippen MR) is 92.0 cm³/mol. The number of nitrogens with zero attached hydrogens (tertiary/aromatic N) is 2. The second kappa shape index (κ2) is 7.81. The minimum absolute atomic E-state index is 0. The Hall–Kier alpha value is -1.56. The van der Waals surface area contributed by atoms with Gasteiger partial charge in [-0.25, -0.2) is 9.37 Å². The van der Waals surface area contributed by atoms with Crippen molar-refractivity contribution in [1.29, 1.82) is 0 Å². The fourth-order valence-electron chi connectivity index (χ4n) is 2.45. The SMILES string of the molecule is Cl.NC1CCN(c2ncc(OCc3ccc(F)cc3)cc2Cl)C1. The number of benzene rings is 1. The first-order valence-electron chi connectivity index (χ1n) is 7.15. The molecule has 1 aromatic carbocycles. The highest BCUT2D eigenvalue weighted by molar-refractivity contribution is 6.33. The monoisotopic (exact) mass is 357 g/mol. The average Bonchev–Trinajstić information content (AvgIpc) is 2.93. The van der Waals surface area contributed by atoms with Gasteiger partial charge in [0.25, 0.3) is 0 Å². The Kier molecular flexibility index (Phi) is 6.04. The maximum atomic E-state index is 12.8. The lowest BCUT2D eigenvalue weighted by atomic mass is 10.2. The largest absolute Gasteiger partial charge is 0.487 e. The summed E-state index contributed by atoms with van der Waals surface area (Å²) in [4.78, 5) is 6.45. The third-order valence-electron chi connectivity index (χ3n) is 3.64. The fraction of sp³-hybridized carbons (Fsp3) is 0.312. The summed E-state index contributed by atoms with van der Waals surface area (Å²) in [6.45, 7) is 1.97. The lowest BCUT2D eigenvalue weighted by Crippen LogP contribution is -2.27. The van der Waals surface area contributed by atoms with Gasteiger partial charge < -0.3 is 15.4 Å². The Morgan fingerprint density at radius 3 is 2.70 bits per heavy atom. The van der Waals surface area contributed by atoms with E-state index in [-0.39, 0.29) is 24.3 Å². The van der Waals surface area contributed by atoms with Crippen molar-refractivity contribution >= 4 is 29.8 Å². The van der Waals surface area contributed by atoms with Crippen LogP contribution in [-0.2, 0) is 6.61 Å². The smallest absolute Gasteiger partial charge is 0.147 e. The Labute approximate surface area is 145 Å². The fourth-order valence-corrected chi connectivity index (χ4v) is 2.73. The van der Waals surface area contributed by atoms with Gasteiger partial charge in [0, 0.05) is 25.2 Å². The van der Waals surface area contributed by atoms with Crippen LogP contribution < -0.4 is 15.4 Å². The number of anilines is 1. The van der Waals surface area contributed by atoms with E-state index < -0.39 is 0 Å². The van der Waals surface area contributed by atoms with Crippen LogP contribution >= 0.6 is 24.0 Å². The van der Waals surface area contributed by atoms with Gasteiger partial charge in [-0.05, 0) is 24.1 Å². The number of nitrogens with two attached hydrogens (primary N) is 1. The van der Waals surface area contributed by atoms with Gasteiger partial charge in [-0.3, -0.25) is 0 Å². The van der Waals surface area contributed by atoms with Crippen LogP contribution in [0.1, 0.15) is 12.0 Å². The minimum atomic E-state index is -0.262. The molecule has 1 unspecified atom stereocenters. The zero-order chi connectivity index (χ0) is 15.5. The Bertz CT molecular complexity index is 654. The molecule has 2 aromatic rings. The van der Waals surface area contributed by atoms with Crippen LogP contribution in [0.2, 0.25) is 5.02 Å². The maximum absolute atomic E-state index is 12.8. The van der Waals surface area contributed by atoms with Crippen LogP contribution in [-0.4, -0.2) is 24.1 Å². The molecule has 3 rings (SSSR count). The van der Waals surface area contributed by atoms with Crippen molar-refractivity contribution in [3.8, 4) is 5.75 Å². The molecule has 2 N–H and O–H groups in total. The molecule has 7 heteroatoms. The molecule has 0 radical (unpaired) electrons. The molecular weight excluding hydrogens is 340 g/mol. The van der Waals surface area contributed by atoms with E-state index in [2.05, 4.69) is 9.88 Å². The van der Waals surface area contributed by atoms with Gasteiger partial charge in [-0.2, -0.15) is 0 Å². The number of rotatable bonds is 4. The number of hydrogen-bond donors (Lipinski definition) is 1. The summed E-state index contributed by atoms with van der Waals surface area (Å²) in [6, 6.07) is 8.10. The van der Waals surface area contributed by atoms with Crippen molar-refractivity contribution < 1.29 is 9.13 Å². The second-order valence-corrected chi connectivity index (χ2v) is 5.79. The van der Waals surface area contributed by atoms with E-state index in [0.717, 1.165) is 30.9 Å². The summed E-state index contributed by atoms with van der Waals surface area (Å²) in [5.41, 5.74) is 6.78. The Balaban J connectivity index is 0.00000192.